The summed E-state index contributed by atoms with van der Waals surface area (Å²) in [5.74, 6) is 0.640. The van der Waals surface area contributed by atoms with E-state index in [2.05, 4.69) is 19.7 Å². The van der Waals surface area contributed by atoms with Gasteiger partial charge in [-0.1, -0.05) is 0 Å². The van der Waals surface area contributed by atoms with Gasteiger partial charge in [-0.2, -0.15) is 13.9 Å². The Labute approximate surface area is 188 Å². The van der Waals surface area contributed by atoms with Crippen molar-refractivity contribution in [3.8, 4) is 17.0 Å². The van der Waals surface area contributed by atoms with Crippen LogP contribution in [0.5, 0.6) is 5.75 Å². The van der Waals surface area contributed by atoms with Gasteiger partial charge in [0.25, 0.3) is 6.43 Å². The van der Waals surface area contributed by atoms with E-state index in [4.69, 9.17) is 10.5 Å². The minimum Gasteiger partial charge on any atom is -0.431 e. The third-order valence-electron chi connectivity index (χ3n) is 7.05. The number of ether oxygens (including phenoxy) is 2. The number of fused-ring (bicyclic) bond motifs is 1. The van der Waals surface area contributed by atoms with Gasteiger partial charge in [-0.25, -0.2) is 13.8 Å². The second kappa shape index (κ2) is 9.09. The fourth-order valence-corrected chi connectivity index (χ4v) is 5.58. The van der Waals surface area contributed by atoms with E-state index in [1.54, 1.807) is 6.07 Å². The lowest BCUT2D eigenvalue weighted by atomic mass is 10.0. The summed E-state index contributed by atoms with van der Waals surface area (Å²) in [6.07, 6.45) is 1.95. The summed E-state index contributed by atoms with van der Waals surface area (Å²) in [4.78, 5) is 6.40. The Hall–Kier alpha value is -2.40. The number of alkyl halides is 4. The molecule has 2 N–H and O–H groups in total. The van der Waals surface area contributed by atoms with Crippen molar-refractivity contribution in [3.05, 3.63) is 24.0 Å². The Morgan fingerprint density at radius 3 is 2.64 bits per heavy atom. The van der Waals surface area contributed by atoms with Gasteiger partial charge in [0.1, 0.15) is 6.54 Å². The third-order valence-corrected chi connectivity index (χ3v) is 7.05. The quantitative estimate of drug-likeness (QED) is 0.625. The standard InChI is InChI=1S/C22H27F4N5O2/c23-19(24)11-31-17(9-16(29-31)12-6-18(33-22(25)26)21(27)28-10-12)20-14-7-13(8-15(14)20)30-2-1-4-32-5-3-30/h6,9-10,13-15,19-20,22H,1-5,7-8,11H2,(H2,27,28)/t13-,14+,15-,20-. The van der Waals surface area contributed by atoms with E-state index in [1.807, 2.05) is 0 Å². The molecule has 7 nitrogen and oxygen atoms in total. The van der Waals surface area contributed by atoms with Crippen molar-refractivity contribution < 1.29 is 27.0 Å². The summed E-state index contributed by atoms with van der Waals surface area (Å²) in [6, 6.07) is 3.61. The molecule has 3 aliphatic rings. The van der Waals surface area contributed by atoms with E-state index in [-0.39, 0.29) is 17.5 Å². The monoisotopic (exact) mass is 469 g/mol. The molecule has 1 saturated heterocycles. The maximum absolute atomic E-state index is 13.3. The second-order valence-electron chi connectivity index (χ2n) is 8.99. The molecule has 5 rings (SSSR count). The van der Waals surface area contributed by atoms with Gasteiger partial charge in [0.05, 0.1) is 12.3 Å². The van der Waals surface area contributed by atoms with Crippen molar-refractivity contribution in [3.63, 3.8) is 0 Å². The van der Waals surface area contributed by atoms with Crippen LogP contribution >= 0.6 is 0 Å². The summed E-state index contributed by atoms with van der Waals surface area (Å²) < 4.78 is 63.2. The molecule has 0 bridgehead atoms. The number of halogens is 4. The first-order valence-electron chi connectivity index (χ1n) is 11.3. The Morgan fingerprint density at radius 1 is 1.12 bits per heavy atom. The number of anilines is 1. The Morgan fingerprint density at radius 2 is 1.91 bits per heavy atom. The number of nitrogens with two attached hydrogens (primary N) is 1. The minimum atomic E-state index is -3.05. The number of aromatic nitrogens is 3. The molecule has 180 valence electrons. The smallest absolute Gasteiger partial charge is 0.387 e. The zero-order valence-corrected chi connectivity index (χ0v) is 18.0. The summed E-state index contributed by atoms with van der Waals surface area (Å²) in [7, 11) is 0. The Kier molecular flexibility index (Phi) is 6.17. The fourth-order valence-electron chi connectivity index (χ4n) is 5.58. The average Bonchev–Trinajstić information content (AvgIpc) is 3.15. The number of nitrogens with zero attached hydrogens (tertiary/aromatic N) is 4. The molecule has 0 amide bonds. The normalized spacial score (nSPS) is 27.7. The topological polar surface area (TPSA) is 78.4 Å². The molecule has 2 aromatic rings. The van der Waals surface area contributed by atoms with Gasteiger partial charge in [-0.05, 0) is 43.2 Å². The van der Waals surface area contributed by atoms with Crippen LogP contribution in [0.25, 0.3) is 11.3 Å². The molecule has 3 fully saturated rings. The summed E-state index contributed by atoms with van der Waals surface area (Å²) >= 11 is 0. The van der Waals surface area contributed by atoms with Crippen LogP contribution in [0.15, 0.2) is 18.3 Å². The molecule has 0 unspecified atom stereocenters. The van der Waals surface area contributed by atoms with Gasteiger partial charge >= 0.3 is 6.61 Å². The molecule has 2 aromatic heterocycles. The Bertz CT molecular complexity index is 968. The number of hydrogen-bond acceptors (Lipinski definition) is 6. The van der Waals surface area contributed by atoms with Crippen molar-refractivity contribution in [1.29, 1.82) is 0 Å². The number of pyridine rings is 1. The van der Waals surface area contributed by atoms with Crippen molar-refractivity contribution in [1.82, 2.24) is 19.7 Å². The lowest BCUT2D eigenvalue weighted by Crippen LogP contribution is -2.36. The van der Waals surface area contributed by atoms with Crippen LogP contribution < -0.4 is 10.5 Å². The highest BCUT2D eigenvalue weighted by molar-refractivity contribution is 5.64. The third kappa shape index (κ3) is 4.65. The number of hydrogen-bond donors (Lipinski definition) is 1. The SMILES string of the molecule is Nc1ncc(-c2cc([C@H]3[C@@H]4C[C@H](N5CCCOCC5)C[C@@H]43)n(CC(F)F)n2)cc1OC(F)F. The lowest BCUT2D eigenvalue weighted by molar-refractivity contribution is -0.0494. The average molecular weight is 469 g/mol. The summed E-state index contributed by atoms with van der Waals surface area (Å²) in [5, 5.41) is 4.37. The number of rotatable bonds is 7. The van der Waals surface area contributed by atoms with E-state index in [0.717, 1.165) is 51.3 Å². The maximum atomic E-state index is 13.3. The van der Waals surface area contributed by atoms with Crippen LogP contribution in [0.1, 0.15) is 30.9 Å². The van der Waals surface area contributed by atoms with Crippen LogP contribution in [-0.2, 0) is 11.3 Å². The summed E-state index contributed by atoms with van der Waals surface area (Å²) in [6.45, 7) is -0.0256. The van der Waals surface area contributed by atoms with Gasteiger partial charge < -0.3 is 15.2 Å². The van der Waals surface area contributed by atoms with Gasteiger partial charge in [0.15, 0.2) is 11.6 Å². The van der Waals surface area contributed by atoms with Crippen LogP contribution in [0.2, 0.25) is 0 Å². The number of nitrogen functional groups attached to an aromatic ring is 1. The largest absolute Gasteiger partial charge is 0.431 e. The van der Waals surface area contributed by atoms with Crippen molar-refractivity contribution >= 4 is 5.82 Å². The maximum Gasteiger partial charge on any atom is 0.387 e. The lowest BCUT2D eigenvalue weighted by Gasteiger charge is -2.28. The van der Waals surface area contributed by atoms with Gasteiger partial charge in [-0.3, -0.25) is 9.58 Å². The first-order chi connectivity index (χ1) is 15.9. The Balaban J connectivity index is 1.35. The first kappa shape index (κ1) is 22.4. The first-order valence-corrected chi connectivity index (χ1v) is 11.3. The predicted molar refractivity (Wildman–Crippen MR) is 112 cm³/mol. The molecule has 4 atom stereocenters. The molecule has 0 spiro atoms. The van der Waals surface area contributed by atoms with E-state index < -0.39 is 19.6 Å². The van der Waals surface area contributed by atoms with E-state index in [1.165, 1.54) is 16.9 Å². The molecule has 3 heterocycles. The highest BCUT2D eigenvalue weighted by Gasteiger charge is 2.58. The molecule has 0 aromatic carbocycles. The highest BCUT2D eigenvalue weighted by Crippen LogP contribution is 2.64. The predicted octanol–water partition coefficient (Wildman–Crippen LogP) is 3.61. The minimum absolute atomic E-state index is 0.173. The molecule has 33 heavy (non-hydrogen) atoms. The summed E-state index contributed by atoms with van der Waals surface area (Å²) in [5.41, 5.74) is 7.17. The molecular formula is C22H27F4N5O2. The van der Waals surface area contributed by atoms with Crippen molar-refractivity contribution in [2.45, 2.75) is 50.8 Å². The highest BCUT2D eigenvalue weighted by atomic mass is 19.3. The molecule has 2 aliphatic carbocycles. The van der Waals surface area contributed by atoms with Crippen molar-refractivity contribution in [2.24, 2.45) is 11.8 Å². The molecule has 2 saturated carbocycles. The zero-order valence-electron chi connectivity index (χ0n) is 18.0. The van der Waals surface area contributed by atoms with E-state index in [9.17, 15) is 17.6 Å². The van der Waals surface area contributed by atoms with Crippen LogP contribution in [0, 0.1) is 11.8 Å². The molecular weight excluding hydrogens is 442 g/mol. The van der Waals surface area contributed by atoms with Crippen LogP contribution in [0.4, 0.5) is 23.4 Å². The van der Waals surface area contributed by atoms with Gasteiger partial charge in [0.2, 0.25) is 0 Å². The van der Waals surface area contributed by atoms with Gasteiger partial charge in [-0.15, -0.1) is 0 Å². The zero-order chi connectivity index (χ0) is 23.1. The second-order valence-corrected chi connectivity index (χ2v) is 8.99. The molecule has 11 heteroatoms. The van der Waals surface area contributed by atoms with Crippen molar-refractivity contribution in [2.75, 3.05) is 32.0 Å². The molecule has 0 radical (unpaired) electrons. The van der Waals surface area contributed by atoms with E-state index >= 15 is 0 Å². The fraction of sp³-hybridized carbons (Fsp3) is 0.636. The van der Waals surface area contributed by atoms with Crippen LogP contribution in [-0.4, -0.2) is 65.0 Å². The molecule has 1 aliphatic heterocycles. The van der Waals surface area contributed by atoms with Crippen LogP contribution in [0.3, 0.4) is 0 Å². The van der Waals surface area contributed by atoms with E-state index in [0.29, 0.717) is 29.1 Å². The van der Waals surface area contributed by atoms with Gasteiger partial charge in [0, 0.05) is 49.1 Å².